The lowest BCUT2D eigenvalue weighted by molar-refractivity contribution is -0.114. The lowest BCUT2D eigenvalue weighted by Gasteiger charge is -2.10. The van der Waals surface area contributed by atoms with Crippen LogP contribution in [0.25, 0.3) is 0 Å². The van der Waals surface area contributed by atoms with Crippen molar-refractivity contribution < 1.29 is 9.59 Å². The lowest BCUT2D eigenvalue weighted by atomic mass is 10.1. The quantitative estimate of drug-likeness (QED) is 0.894. The molecule has 5 nitrogen and oxygen atoms in total. The third-order valence-electron chi connectivity index (χ3n) is 2.77. The molecule has 2 amide bonds. The fraction of sp³-hybridized carbons (Fsp3) is 0.133. The number of halogens is 1. The molecule has 0 saturated heterocycles. The number of aromatic nitrogens is 1. The Labute approximate surface area is 130 Å². The summed E-state index contributed by atoms with van der Waals surface area (Å²) in [7, 11) is 0. The molecular weight excluding hydrogens is 334 g/mol. The number of rotatable bonds is 3. The van der Waals surface area contributed by atoms with E-state index in [-0.39, 0.29) is 11.8 Å². The number of amides is 2. The van der Waals surface area contributed by atoms with Gasteiger partial charge in [0.15, 0.2) is 0 Å². The normalized spacial score (nSPS) is 10.0. The van der Waals surface area contributed by atoms with E-state index in [2.05, 4.69) is 31.5 Å². The van der Waals surface area contributed by atoms with Crippen LogP contribution in [0.1, 0.15) is 22.8 Å². The highest BCUT2D eigenvalue weighted by Crippen LogP contribution is 2.21. The van der Waals surface area contributed by atoms with Gasteiger partial charge in [-0.2, -0.15) is 0 Å². The molecule has 0 unspecified atom stereocenters. The summed E-state index contributed by atoms with van der Waals surface area (Å²) in [4.78, 5) is 27.2. The first-order valence-electron chi connectivity index (χ1n) is 6.26. The van der Waals surface area contributed by atoms with Gasteiger partial charge in [0.2, 0.25) is 5.91 Å². The van der Waals surface area contributed by atoms with Crippen LogP contribution in [0.3, 0.4) is 0 Å². The fourth-order valence-corrected chi connectivity index (χ4v) is 2.13. The molecule has 21 heavy (non-hydrogen) atoms. The minimum Gasteiger partial charge on any atom is -0.326 e. The topological polar surface area (TPSA) is 71.1 Å². The number of pyridine rings is 1. The molecule has 1 aromatic heterocycles. The Bertz CT molecular complexity index is 701. The Balaban J connectivity index is 2.19. The van der Waals surface area contributed by atoms with Gasteiger partial charge in [-0.15, -0.1) is 0 Å². The zero-order valence-electron chi connectivity index (χ0n) is 11.6. The Kier molecular flexibility index (Phi) is 4.70. The predicted octanol–water partition coefficient (Wildman–Crippen LogP) is 3.36. The molecule has 0 saturated carbocycles. The van der Waals surface area contributed by atoms with Crippen LogP contribution < -0.4 is 10.6 Å². The van der Waals surface area contributed by atoms with E-state index in [1.54, 1.807) is 24.4 Å². The molecule has 0 spiro atoms. The van der Waals surface area contributed by atoms with Gasteiger partial charge in [0.1, 0.15) is 0 Å². The number of hydrogen-bond acceptors (Lipinski definition) is 3. The van der Waals surface area contributed by atoms with Gasteiger partial charge in [0.25, 0.3) is 5.91 Å². The number of benzene rings is 1. The number of carbonyl (C=O) groups excluding carboxylic acids is 2. The smallest absolute Gasteiger partial charge is 0.257 e. The van der Waals surface area contributed by atoms with E-state index in [0.717, 1.165) is 10.0 Å². The van der Waals surface area contributed by atoms with Crippen LogP contribution in [0.2, 0.25) is 0 Å². The first kappa shape index (κ1) is 15.2. The summed E-state index contributed by atoms with van der Waals surface area (Å²) in [6, 6.07) is 7.02. The van der Waals surface area contributed by atoms with Crippen molar-refractivity contribution in [3.63, 3.8) is 0 Å². The largest absolute Gasteiger partial charge is 0.326 e. The Morgan fingerprint density at radius 1 is 1.14 bits per heavy atom. The van der Waals surface area contributed by atoms with E-state index in [1.165, 1.54) is 13.1 Å². The second kappa shape index (κ2) is 6.49. The second-order valence-electron chi connectivity index (χ2n) is 4.56. The standard InChI is InChI=1S/C15H14BrN3O2/c1-9-3-4-13(6-14(9)18-10(2)20)19-15(21)11-5-12(16)8-17-7-11/h3-8H,1-2H3,(H,18,20)(H,19,21). The minimum atomic E-state index is -0.263. The number of nitrogens with zero attached hydrogens (tertiary/aromatic N) is 1. The van der Waals surface area contributed by atoms with Crippen molar-refractivity contribution in [3.8, 4) is 0 Å². The molecule has 2 rings (SSSR count). The zero-order chi connectivity index (χ0) is 15.4. The van der Waals surface area contributed by atoms with E-state index >= 15 is 0 Å². The van der Waals surface area contributed by atoms with Gasteiger partial charge < -0.3 is 10.6 Å². The number of carbonyl (C=O) groups is 2. The highest BCUT2D eigenvalue weighted by Gasteiger charge is 2.08. The summed E-state index contributed by atoms with van der Waals surface area (Å²) in [6.07, 6.45) is 3.10. The van der Waals surface area contributed by atoms with E-state index in [1.807, 2.05) is 13.0 Å². The molecule has 0 aliphatic rings. The summed E-state index contributed by atoms with van der Waals surface area (Å²) in [5.74, 6) is -0.417. The highest BCUT2D eigenvalue weighted by atomic mass is 79.9. The fourth-order valence-electron chi connectivity index (χ4n) is 1.76. The SMILES string of the molecule is CC(=O)Nc1cc(NC(=O)c2cncc(Br)c2)ccc1C. The van der Waals surface area contributed by atoms with Crippen LogP contribution in [0.15, 0.2) is 41.1 Å². The van der Waals surface area contributed by atoms with E-state index < -0.39 is 0 Å². The van der Waals surface area contributed by atoms with Crippen molar-refractivity contribution in [2.24, 2.45) is 0 Å². The molecule has 108 valence electrons. The molecule has 2 N–H and O–H groups in total. The third kappa shape index (κ3) is 4.13. The first-order valence-corrected chi connectivity index (χ1v) is 7.05. The maximum atomic E-state index is 12.1. The molecule has 1 heterocycles. The molecule has 0 aliphatic heterocycles. The molecule has 2 aromatic rings. The van der Waals surface area contributed by atoms with Gasteiger partial charge >= 0.3 is 0 Å². The van der Waals surface area contributed by atoms with Gasteiger partial charge in [0.05, 0.1) is 5.56 Å². The van der Waals surface area contributed by atoms with Crippen molar-refractivity contribution in [3.05, 3.63) is 52.3 Å². The monoisotopic (exact) mass is 347 g/mol. The highest BCUT2D eigenvalue weighted by molar-refractivity contribution is 9.10. The van der Waals surface area contributed by atoms with Crippen LogP contribution >= 0.6 is 15.9 Å². The Morgan fingerprint density at radius 2 is 1.90 bits per heavy atom. The molecule has 0 bridgehead atoms. The predicted molar refractivity (Wildman–Crippen MR) is 85.4 cm³/mol. The molecule has 0 fully saturated rings. The van der Waals surface area contributed by atoms with Crippen molar-refractivity contribution in [1.82, 2.24) is 4.98 Å². The van der Waals surface area contributed by atoms with Gasteiger partial charge in [0, 0.05) is 35.2 Å². The van der Waals surface area contributed by atoms with E-state index in [0.29, 0.717) is 16.9 Å². The average molecular weight is 348 g/mol. The molecular formula is C15H14BrN3O2. The van der Waals surface area contributed by atoms with Crippen LogP contribution in [-0.2, 0) is 4.79 Å². The van der Waals surface area contributed by atoms with Gasteiger partial charge in [-0.1, -0.05) is 6.07 Å². The minimum absolute atomic E-state index is 0.155. The summed E-state index contributed by atoms with van der Waals surface area (Å²) >= 11 is 3.27. The number of hydrogen-bond donors (Lipinski definition) is 2. The molecule has 0 aliphatic carbocycles. The second-order valence-corrected chi connectivity index (χ2v) is 5.47. The van der Waals surface area contributed by atoms with Crippen molar-refractivity contribution in [2.45, 2.75) is 13.8 Å². The van der Waals surface area contributed by atoms with Gasteiger partial charge in [-0.05, 0) is 46.6 Å². The van der Waals surface area contributed by atoms with Crippen molar-refractivity contribution >= 4 is 39.1 Å². The number of anilines is 2. The first-order chi connectivity index (χ1) is 9.95. The van der Waals surface area contributed by atoms with Crippen LogP contribution in [0.4, 0.5) is 11.4 Å². The van der Waals surface area contributed by atoms with Crippen LogP contribution in [0, 0.1) is 6.92 Å². The Morgan fingerprint density at radius 3 is 2.57 bits per heavy atom. The maximum Gasteiger partial charge on any atom is 0.257 e. The molecule has 1 aromatic carbocycles. The average Bonchev–Trinajstić information content (AvgIpc) is 2.42. The summed E-state index contributed by atoms with van der Waals surface area (Å²) in [6.45, 7) is 3.33. The van der Waals surface area contributed by atoms with E-state index in [4.69, 9.17) is 0 Å². The lowest BCUT2D eigenvalue weighted by Crippen LogP contribution is -2.13. The third-order valence-corrected chi connectivity index (χ3v) is 3.21. The van der Waals surface area contributed by atoms with E-state index in [9.17, 15) is 9.59 Å². The van der Waals surface area contributed by atoms with Crippen molar-refractivity contribution in [2.75, 3.05) is 10.6 Å². The maximum absolute atomic E-state index is 12.1. The zero-order valence-corrected chi connectivity index (χ0v) is 13.2. The molecule has 0 atom stereocenters. The van der Waals surface area contributed by atoms with Crippen LogP contribution in [0.5, 0.6) is 0 Å². The molecule has 6 heteroatoms. The van der Waals surface area contributed by atoms with Crippen molar-refractivity contribution in [1.29, 1.82) is 0 Å². The van der Waals surface area contributed by atoms with Gasteiger partial charge in [-0.3, -0.25) is 14.6 Å². The van der Waals surface area contributed by atoms with Crippen LogP contribution in [-0.4, -0.2) is 16.8 Å². The Hall–Kier alpha value is -2.21. The summed E-state index contributed by atoms with van der Waals surface area (Å²) in [5, 5.41) is 5.50. The molecule has 0 radical (unpaired) electrons. The summed E-state index contributed by atoms with van der Waals surface area (Å²) < 4.78 is 0.734. The number of aryl methyl sites for hydroxylation is 1. The van der Waals surface area contributed by atoms with Gasteiger partial charge in [-0.25, -0.2) is 0 Å². The summed E-state index contributed by atoms with van der Waals surface area (Å²) in [5.41, 5.74) is 2.65. The number of nitrogens with one attached hydrogen (secondary N) is 2.